The molecule has 2 atom stereocenters. The Bertz CT molecular complexity index is 750. The predicted molar refractivity (Wildman–Crippen MR) is 102 cm³/mol. The van der Waals surface area contributed by atoms with E-state index in [1.54, 1.807) is 26.4 Å². The van der Waals surface area contributed by atoms with Crippen LogP contribution in [-0.2, 0) is 4.79 Å². The van der Waals surface area contributed by atoms with Crippen LogP contribution in [0, 0.1) is 0 Å². The number of halogens is 1. The van der Waals surface area contributed by atoms with Gasteiger partial charge in [0.15, 0.2) is 17.6 Å². The Morgan fingerprint density at radius 3 is 2.38 bits per heavy atom. The Hall–Kier alpha value is -2.40. The molecule has 0 saturated carbocycles. The molecule has 0 aromatic heterocycles. The molecule has 0 bridgehead atoms. The van der Waals surface area contributed by atoms with Gasteiger partial charge in [-0.2, -0.15) is 0 Å². The van der Waals surface area contributed by atoms with Crippen LogP contribution >= 0.6 is 11.6 Å². The van der Waals surface area contributed by atoms with E-state index in [1.165, 1.54) is 0 Å². The van der Waals surface area contributed by atoms with Crippen molar-refractivity contribution in [2.24, 2.45) is 0 Å². The standard InChI is InChI=1S/C20H24ClNO4/c1-5-16(26-17-9-7-6-8-15(17)21)20(23)22-13(2)14-10-11-18(24-3)19(12-14)25-4/h6-13,16H,5H2,1-4H3,(H,22,23)/t13-,16-/m0/s1. The van der Waals surface area contributed by atoms with Gasteiger partial charge in [-0.1, -0.05) is 36.7 Å². The Morgan fingerprint density at radius 2 is 1.77 bits per heavy atom. The summed E-state index contributed by atoms with van der Waals surface area (Å²) < 4.78 is 16.3. The summed E-state index contributed by atoms with van der Waals surface area (Å²) in [5.74, 6) is 1.55. The van der Waals surface area contributed by atoms with Crippen LogP contribution < -0.4 is 19.5 Å². The van der Waals surface area contributed by atoms with Gasteiger partial charge in [-0.25, -0.2) is 0 Å². The molecule has 0 radical (unpaired) electrons. The Balaban J connectivity index is 2.08. The highest BCUT2D eigenvalue weighted by molar-refractivity contribution is 6.32. The molecule has 0 saturated heterocycles. The van der Waals surface area contributed by atoms with E-state index in [2.05, 4.69) is 5.32 Å². The van der Waals surface area contributed by atoms with Crippen LogP contribution in [0.3, 0.4) is 0 Å². The lowest BCUT2D eigenvalue weighted by atomic mass is 10.1. The summed E-state index contributed by atoms with van der Waals surface area (Å²) in [7, 11) is 3.16. The zero-order valence-corrected chi connectivity index (χ0v) is 16.2. The van der Waals surface area contributed by atoms with Crippen LogP contribution in [0.1, 0.15) is 31.9 Å². The van der Waals surface area contributed by atoms with E-state index in [1.807, 2.05) is 44.2 Å². The fourth-order valence-corrected chi connectivity index (χ4v) is 2.71. The second kappa shape index (κ2) is 9.34. The molecule has 5 nitrogen and oxygen atoms in total. The third kappa shape index (κ3) is 4.82. The van der Waals surface area contributed by atoms with Crippen LogP contribution in [0.25, 0.3) is 0 Å². The van der Waals surface area contributed by atoms with Crippen LogP contribution in [-0.4, -0.2) is 26.2 Å². The van der Waals surface area contributed by atoms with Crippen molar-refractivity contribution >= 4 is 17.5 Å². The van der Waals surface area contributed by atoms with Gasteiger partial charge in [0.05, 0.1) is 25.3 Å². The van der Waals surface area contributed by atoms with Gasteiger partial charge in [0.2, 0.25) is 0 Å². The molecule has 0 heterocycles. The van der Waals surface area contributed by atoms with E-state index in [0.717, 1.165) is 5.56 Å². The Kier molecular flexibility index (Phi) is 7.16. The van der Waals surface area contributed by atoms with Crippen molar-refractivity contribution in [3.8, 4) is 17.2 Å². The van der Waals surface area contributed by atoms with Crippen LogP contribution in [0.2, 0.25) is 5.02 Å². The van der Waals surface area contributed by atoms with Crippen molar-refractivity contribution in [1.29, 1.82) is 0 Å². The molecule has 26 heavy (non-hydrogen) atoms. The van der Waals surface area contributed by atoms with E-state index in [0.29, 0.717) is 28.7 Å². The highest BCUT2D eigenvalue weighted by Gasteiger charge is 2.22. The second-order valence-corrected chi connectivity index (χ2v) is 6.20. The second-order valence-electron chi connectivity index (χ2n) is 5.79. The number of methoxy groups -OCH3 is 2. The number of hydrogen-bond donors (Lipinski definition) is 1. The third-order valence-electron chi connectivity index (χ3n) is 4.04. The topological polar surface area (TPSA) is 56.8 Å². The first kappa shape index (κ1) is 19.9. The van der Waals surface area contributed by atoms with E-state index in [4.69, 9.17) is 25.8 Å². The number of nitrogens with one attached hydrogen (secondary N) is 1. The highest BCUT2D eigenvalue weighted by atomic mass is 35.5. The van der Waals surface area contributed by atoms with Gasteiger partial charge in [0.25, 0.3) is 5.91 Å². The molecule has 1 N–H and O–H groups in total. The lowest BCUT2D eigenvalue weighted by Crippen LogP contribution is -2.39. The molecular weight excluding hydrogens is 354 g/mol. The monoisotopic (exact) mass is 377 g/mol. The molecule has 2 aromatic rings. The predicted octanol–water partition coefficient (Wildman–Crippen LogP) is 4.39. The first-order valence-electron chi connectivity index (χ1n) is 8.43. The van der Waals surface area contributed by atoms with E-state index in [9.17, 15) is 4.79 Å². The number of carbonyl (C=O) groups excluding carboxylic acids is 1. The maximum Gasteiger partial charge on any atom is 0.261 e. The number of amides is 1. The number of ether oxygens (including phenoxy) is 3. The molecule has 0 aliphatic carbocycles. The minimum Gasteiger partial charge on any atom is -0.493 e. The maximum atomic E-state index is 12.6. The molecule has 0 aliphatic heterocycles. The van der Waals surface area contributed by atoms with Crippen LogP contribution in [0.5, 0.6) is 17.2 Å². The minimum atomic E-state index is -0.627. The average molecular weight is 378 g/mol. The van der Waals surface area contributed by atoms with Crippen molar-refractivity contribution in [3.63, 3.8) is 0 Å². The molecule has 140 valence electrons. The number of para-hydroxylation sites is 1. The first-order valence-corrected chi connectivity index (χ1v) is 8.81. The molecule has 0 spiro atoms. The summed E-state index contributed by atoms with van der Waals surface area (Å²) in [5.41, 5.74) is 0.906. The quantitative estimate of drug-likeness (QED) is 0.741. The number of hydrogen-bond acceptors (Lipinski definition) is 4. The Morgan fingerprint density at radius 1 is 1.08 bits per heavy atom. The minimum absolute atomic E-state index is 0.199. The molecular formula is C20H24ClNO4. The highest BCUT2D eigenvalue weighted by Crippen LogP contribution is 2.30. The van der Waals surface area contributed by atoms with Crippen LogP contribution in [0.15, 0.2) is 42.5 Å². The van der Waals surface area contributed by atoms with Crippen LogP contribution in [0.4, 0.5) is 0 Å². The van der Waals surface area contributed by atoms with E-state index >= 15 is 0 Å². The lowest BCUT2D eigenvalue weighted by Gasteiger charge is -2.21. The van der Waals surface area contributed by atoms with Gasteiger partial charge in [0, 0.05) is 0 Å². The smallest absolute Gasteiger partial charge is 0.261 e. The number of benzene rings is 2. The first-order chi connectivity index (χ1) is 12.5. The van der Waals surface area contributed by atoms with Crippen molar-refractivity contribution in [3.05, 3.63) is 53.1 Å². The number of carbonyl (C=O) groups is 1. The lowest BCUT2D eigenvalue weighted by molar-refractivity contribution is -0.128. The summed E-state index contributed by atoms with van der Waals surface area (Å²) in [6.07, 6.45) is -0.104. The fraction of sp³-hybridized carbons (Fsp3) is 0.350. The molecule has 2 aromatic carbocycles. The third-order valence-corrected chi connectivity index (χ3v) is 4.35. The van der Waals surface area contributed by atoms with Gasteiger partial charge in [-0.3, -0.25) is 4.79 Å². The SMILES string of the molecule is CC[C@H](Oc1ccccc1Cl)C(=O)N[C@@H](C)c1ccc(OC)c(OC)c1. The Labute approximate surface area is 159 Å². The molecule has 6 heteroatoms. The van der Waals surface area contributed by atoms with Gasteiger partial charge < -0.3 is 19.5 Å². The molecule has 2 rings (SSSR count). The number of rotatable bonds is 8. The summed E-state index contributed by atoms with van der Waals surface area (Å²) in [4.78, 5) is 12.6. The largest absolute Gasteiger partial charge is 0.493 e. The molecule has 0 aliphatic rings. The van der Waals surface area contributed by atoms with Crippen molar-refractivity contribution in [2.45, 2.75) is 32.4 Å². The normalized spacial score (nSPS) is 12.8. The van der Waals surface area contributed by atoms with E-state index < -0.39 is 6.10 Å². The van der Waals surface area contributed by atoms with Gasteiger partial charge in [-0.15, -0.1) is 0 Å². The van der Waals surface area contributed by atoms with Gasteiger partial charge >= 0.3 is 0 Å². The van der Waals surface area contributed by atoms with Gasteiger partial charge in [-0.05, 0) is 43.2 Å². The van der Waals surface area contributed by atoms with E-state index in [-0.39, 0.29) is 11.9 Å². The van der Waals surface area contributed by atoms with Crippen molar-refractivity contribution in [2.75, 3.05) is 14.2 Å². The maximum absolute atomic E-state index is 12.6. The molecule has 1 amide bonds. The summed E-state index contributed by atoms with van der Waals surface area (Å²) in [5, 5.41) is 3.45. The molecule has 0 fully saturated rings. The van der Waals surface area contributed by atoms with Crippen molar-refractivity contribution < 1.29 is 19.0 Å². The summed E-state index contributed by atoms with van der Waals surface area (Å²) >= 11 is 6.11. The van der Waals surface area contributed by atoms with Gasteiger partial charge in [0.1, 0.15) is 5.75 Å². The van der Waals surface area contributed by atoms with Crippen molar-refractivity contribution in [1.82, 2.24) is 5.32 Å². The zero-order valence-electron chi connectivity index (χ0n) is 15.4. The summed E-state index contributed by atoms with van der Waals surface area (Å²) in [6, 6.07) is 12.4. The summed E-state index contributed by atoms with van der Waals surface area (Å²) in [6.45, 7) is 3.80. The zero-order chi connectivity index (χ0) is 19.1. The molecule has 0 unspecified atom stereocenters. The fourth-order valence-electron chi connectivity index (χ4n) is 2.53. The average Bonchev–Trinajstić information content (AvgIpc) is 2.66.